The second-order valence-corrected chi connectivity index (χ2v) is 5.67. The fraction of sp³-hybridized carbons (Fsp3) is 0.294. The molecular formula is C17H22N+. The Morgan fingerprint density at radius 2 is 1.44 bits per heavy atom. The van der Waals surface area contributed by atoms with Crippen LogP contribution in [0.3, 0.4) is 0 Å². The van der Waals surface area contributed by atoms with Crippen molar-refractivity contribution in [2.45, 2.75) is 20.4 Å². The number of benzene rings is 2. The van der Waals surface area contributed by atoms with Crippen molar-refractivity contribution in [3.63, 3.8) is 0 Å². The smallest absolute Gasteiger partial charge is 0.132 e. The van der Waals surface area contributed by atoms with Crippen molar-refractivity contribution in [3.8, 4) is 0 Å². The van der Waals surface area contributed by atoms with Gasteiger partial charge in [-0.05, 0) is 25.5 Å². The fourth-order valence-corrected chi connectivity index (χ4v) is 2.36. The van der Waals surface area contributed by atoms with Gasteiger partial charge in [0.15, 0.2) is 0 Å². The monoisotopic (exact) mass is 240 g/mol. The maximum absolute atomic E-state index is 2.27. The molecule has 0 aromatic heterocycles. The molecule has 1 nitrogen and oxygen atoms in total. The number of aryl methyl sites for hydroxylation is 2. The summed E-state index contributed by atoms with van der Waals surface area (Å²) in [6.45, 7) is 5.32. The lowest BCUT2D eigenvalue weighted by Crippen LogP contribution is -2.39. The Morgan fingerprint density at radius 1 is 0.833 bits per heavy atom. The zero-order chi connectivity index (χ0) is 13.2. The molecule has 0 saturated heterocycles. The lowest BCUT2D eigenvalue weighted by Gasteiger charge is -2.29. The van der Waals surface area contributed by atoms with Crippen LogP contribution in [0.4, 0.5) is 5.69 Å². The van der Waals surface area contributed by atoms with Crippen LogP contribution in [0, 0.1) is 13.8 Å². The Labute approximate surface area is 110 Å². The molecule has 0 fully saturated rings. The molecule has 2 rings (SSSR count). The molecule has 0 atom stereocenters. The molecule has 94 valence electrons. The van der Waals surface area contributed by atoms with Gasteiger partial charge in [0.1, 0.15) is 12.2 Å². The van der Waals surface area contributed by atoms with Crippen molar-refractivity contribution in [2.24, 2.45) is 0 Å². The molecule has 0 aliphatic rings. The predicted molar refractivity (Wildman–Crippen MR) is 79.7 cm³/mol. The molecule has 0 radical (unpaired) electrons. The molecule has 0 heterocycles. The van der Waals surface area contributed by atoms with Crippen molar-refractivity contribution in [2.75, 3.05) is 14.1 Å². The zero-order valence-corrected chi connectivity index (χ0v) is 11.8. The molecule has 0 bridgehead atoms. The van der Waals surface area contributed by atoms with Crippen LogP contribution in [0.25, 0.3) is 0 Å². The Hall–Kier alpha value is -1.60. The van der Waals surface area contributed by atoms with Gasteiger partial charge in [-0.15, -0.1) is 0 Å². The van der Waals surface area contributed by atoms with Crippen molar-refractivity contribution >= 4 is 5.69 Å². The summed E-state index contributed by atoms with van der Waals surface area (Å²) >= 11 is 0. The topological polar surface area (TPSA) is 0 Å². The maximum atomic E-state index is 2.27. The fourth-order valence-electron chi connectivity index (χ4n) is 2.36. The van der Waals surface area contributed by atoms with E-state index in [0.29, 0.717) is 0 Å². The highest BCUT2D eigenvalue weighted by Crippen LogP contribution is 2.23. The van der Waals surface area contributed by atoms with Gasteiger partial charge >= 0.3 is 0 Å². The van der Waals surface area contributed by atoms with Crippen LogP contribution < -0.4 is 4.48 Å². The van der Waals surface area contributed by atoms with Crippen molar-refractivity contribution in [1.29, 1.82) is 0 Å². The molecule has 0 amide bonds. The van der Waals surface area contributed by atoms with Crippen LogP contribution in [0.15, 0.2) is 48.5 Å². The van der Waals surface area contributed by atoms with Gasteiger partial charge in [0.05, 0.1) is 14.1 Å². The Balaban J connectivity index is 2.26. The highest BCUT2D eigenvalue weighted by Gasteiger charge is 2.19. The first-order chi connectivity index (χ1) is 8.47. The van der Waals surface area contributed by atoms with E-state index in [2.05, 4.69) is 76.5 Å². The third-order valence-electron chi connectivity index (χ3n) is 3.36. The summed E-state index contributed by atoms with van der Waals surface area (Å²) in [5.74, 6) is 0. The number of hydrogen-bond acceptors (Lipinski definition) is 0. The van der Waals surface area contributed by atoms with E-state index in [1.807, 2.05) is 0 Å². The molecule has 0 spiro atoms. The van der Waals surface area contributed by atoms with E-state index < -0.39 is 0 Å². The molecule has 0 aliphatic heterocycles. The average molecular weight is 240 g/mol. The van der Waals surface area contributed by atoms with Crippen LogP contribution in [-0.2, 0) is 6.54 Å². The van der Waals surface area contributed by atoms with E-state index in [4.69, 9.17) is 0 Å². The lowest BCUT2D eigenvalue weighted by atomic mass is 10.1. The SMILES string of the molecule is Cc1cccc(C[N+](C)(C)c2cccc(C)c2)c1. The number of rotatable bonds is 3. The van der Waals surface area contributed by atoms with Crippen LogP contribution in [0.2, 0.25) is 0 Å². The Kier molecular flexibility index (Phi) is 3.53. The van der Waals surface area contributed by atoms with Crippen LogP contribution in [0.5, 0.6) is 0 Å². The first-order valence-electron chi connectivity index (χ1n) is 6.43. The minimum absolute atomic E-state index is 0.880. The van der Waals surface area contributed by atoms with Gasteiger partial charge in [0.2, 0.25) is 0 Å². The highest BCUT2D eigenvalue weighted by atomic mass is 15.3. The summed E-state index contributed by atoms with van der Waals surface area (Å²) in [6.07, 6.45) is 0. The van der Waals surface area contributed by atoms with E-state index in [0.717, 1.165) is 11.0 Å². The van der Waals surface area contributed by atoms with E-state index in [9.17, 15) is 0 Å². The van der Waals surface area contributed by atoms with Gasteiger partial charge in [-0.25, -0.2) is 0 Å². The predicted octanol–water partition coefficient (Wildman–Crippen LogP) is 4.07. The third-order valence-corrected chi connectivity index (χ3v) is 3.36. The first kappa shape index (κ1) is 12.8. The van der Waals surface area contributed by atoms with Gasteiger partial charge < -0.3 is 0 Å². The van der Waals surface area contributed by atoms with Crippen LogP contribution in [-0.4, -0.2) is 14.1 Å². The van der Waals surface area contributed by atoms with Gasteiger partial charge in [-0.1, -0.05) is 42.0 Å². The van der Waals surface area contributed by atoms with Crippen molar-refractivity contribution in [1.82, 2.24) is 4.48 Å². The standard InChI is InChI=1S/C17H22N/c1-14-7-5-9-16(11-14)13-18(3,4)17-10-6-8-15(2)12-17/h5-12H,13H2,1-4H3/q+1. The summed E-state index contributed by atoms with van der Waals surface area (Å²) in [7, 11) is 4.52. The summed E-state index contributed by atoms with van der Waals surface area (Å²) in [5.41, 5.74) is 5.40. The Bertz CT molecular complexity index is 541. The number of hydrogen-bond donors (Lipinski definition) is 0. The van der Waals surface area contributed by atoms with E-state index in [1.54, 1.807) is 0 Å². The summed E-state index contributed by atoms with van der Waals surface area (Å²) in [4.78, 5) is 0. The van der Waals surface area contributed by atoms with Crippen molar-refractivity contribution < 1.29 is 0 Å². The molecule has 2 aromatic rings. The summed E-state index contributed by atoms with van der Waals surface area (Å²) in [6, 6.07) is 17.5. The molecule has 1 heteroatoms. The van der Waals surface area contributed by atoms with Crippen LogP contribution >= 0.6 is 0 Å². The van der Waals surface area contributed by atoms with Crippen molar-refractivity contribution in [3.05, 3.63) is 65.2 Å². The lowest BCUT2D eigenvalue weighted by molar-refractivity contribution is 0.391. The van der Waals surface area contributed by atoms with Gasteiger partial charge in [0.25, 0.3) is 0 Å². The molecule has 0 unspecified atom stereocenters. The molecule has 18 heavy (non-hydrogen) atoms. The Morgan fingerprint density at radius 3 is 2.06 bits per heavy atom. The summed E-state index contributed by atoms with van der Waals surface area (Å²) in [5, 5.41) is 0. The quantitative estimate of drug-likeness (QED) is 0.709. The van der Waals surface area contributed by atoms with Gasteiger partial charge in [-0.3, -0.25) is 4.48 Å². The molecular weight excluding hydrogens is 218 g/mol. The second kappa shape index (κ2) is 4.95. The van der Waals surface area contributed by atoms with E-state index >= 15 is 0 Å². The minimum atomic E-state index is 0.880. The molecule has 0 aliphatic carbocycles. The van der Waals surface area contributed by atoms with Gasteiger partial charge in [-0.2, -0.15) is 0 Å². The highest BCUT2D eigenvalue weighted by molar-refractivity contribution is 5.44. The molecule has 2 aromatic carbocycles. The van der Waals surface area contributed by atoms with E-state index in [-0.39, 0.29) is 0 Å². The minimum Gasteiger partial charge on any atom is -0.292 e. The number of quaternary nitrogens is 1. The second-order valence-electron chi connectivity index (χ2n) is 5.67. The van der Waals surface area contributed by atoms with Crippen LogP contribution in [0.1, 0.15) is 16.7 Å². The summed E-state index contributed by atoms with van der Waals surface area (Å²) < 4.78 is 0.880. The largest absolute Gasteiger partial charge is 0.292 e. The first-order valence-corrected chi connectivity index (χ1v) is 6.43. The molecule has 0 saturated carbocycles. The third kappa shape index (κ3) is 2.99. The molecule has 0 N–H and O–H groups in total. The van der Waals surface area contributed by atoms with E-state index in [1.165, 1.54) is 22.4 Å². The normalized spacial score (nSPS) is 11.6. The maximum Gasteiger partial charge on any atom is 0.132 e. The zero-order valence-electron chi connectivity index (χ0n) is 11.8. The number of nitrogens with zero attached hydrogens (tertiary/aromatic N) is 1. The van der Waals surface area contributed by atoms with Gasteiger partial charge in [0, 0.05) is 11.6 Å². The average Bonchev–Trinajstić information content (AvgIpc) is 2.28.